The van der Waals surface area contributed by atoms with E-state index in [1.165, 1.54) is 12.1 Å². The van der Waals surface area contributed by atoms with Gasteiger partial charge in [-0.05, 0) is 37.6 Å². The molecule has 126 valence electrons. The van der Waals surface area contributed by atoms with Crippen molar-refractivity contribution in [2.45, 2.75) is 26.2 Å². The molecule has 0 aliphatic carbocycles. The zero-order valence-electron chi connectivity index (χ0n) is 13.8. The minimum absolute atomic E-state index is 0.313. The number of anilines is 3. The third kappa shape index (κ3) is 5.52. The third-order valence-electron chi connectivity index (χ3n) is 3.14. The lowest BCUT2D eigenvalue weighted by Crippen LogP contribution is -2.07. The molecule has 1 aromatic heterocycles. The molecule has 6 heteroatoms. The van der Waals surface area contributed by atoms with E-state index in [4.69, 9.17) is 5.73 Å². The van der Waals surface area contributed by atoms with Gasteiger partial charge in [0.2, 0.25) is 5.95 Å². The molecule has 2 rings (SSSR count). The molecule has 1 aromatic carbocycles. The van der Waals surface area contributed by atoms with E-state index in [-0.39, 0.29) is 5.82 Å². The van der Waals surface area contributed by atoms with Crippen molar-refractivity contribution in [1.82, 2.24) is 9.97 Å². The van der Waals surface area contributed by atoms with Crippen LogP contribution in [0.4, 0.5) is 21.8 Å². The molecule has 0 fully saturated rings. The van der Waals surface area contributed by atoms with E-state index in [1.807, 2.05) is 0 Å². The number of nitrogens with zero attached hydrogens (tertiary/aromatic N) is 2. The molecule has 0 unspecified atom stereocenters. The van der Waals surface area contributed by atoms with E-state index < -0.39 is 0 Å². The summed E-state index contributed by atoms with van der Waals surface area (Å²) in [6, 6.07) is 6.17. The molecule has 0 amide bonds. The Morgan fingerprint density at radius 3 is 2.96 bits per heavy atom. The number of nitrogens with two attached hydrogens (primary N) is 1. The second-order valence-corrected chi connectivity index (χ2v) is 5.21. The molecule has 0 spiro atoms. The Labute approximate surface area is 141 Å². The highest BCUT2D eigenvalue weighted by molar-refractivity contribution is 5.59. The number of aromatic nitrogens is 2. The second-order valence-electron chi connectivity index (χ2n) is 5.21. The van der Waals surface area contributed by atoms with Crippen molar-refractivity contribution in [2.75, 3.05) is 23.7 Å². The van der Waals surface area contributed by atoms with Gasteiger partial charge in [0.05, 0.1) is 11.8 Å². The Morgan fingerprint density at radius 2 is 2.21 bits per heavy atom. The first kappa shape index (κ1) is 17.7. The van der Waals surface area contributed by atoms with Gasteiger partial charge in [-0.1, -0.05) is 24.8 Å². The lowest BCUT2D eigenvalue weighted by Gasteiger charge is -2.10. The molecule has 0 aliphatic rings. The maximum absolute atomic E-state index is 13.3. The summed E-state index contributed by atoms with van der Waals surface area (Å²) >= 11 is 0. The van der Waals surface area contributed by atoms with Crippen LogP contribution < -0.4 is 16.4 Å². The minimum atomic E-state index is -0.313. The van der Waals surface area contributed by atoms with Crippen LogP contribution in [0.5, 0.6) is 0 Å². The number of rotatable bonds is 7. The average Bonchev–Trinajstić information content (AvgIpc) is 2.58. The van der Waals surface area contributed by atoms with E-state index >= 15 is 0 Å². The molecule has 0 saturated carbocycles. The van der Waals surface area contributed by atoms with Crippen molar-refractivity contribution >= 4 is 17.5 Å². The Balaban J connectivity index is 2.19. The van der Waals surface area contributed by atoms with Crippen molar-refractivity contribution in [2.24, 2.45) is 5.73 Å². The fourth-order valence-corrected chi connectivity index (χ4v) is 1.96. The molecule has 0 saturated heterocycles. The van der Waals surface area contributed by atoms with Crippen LogP contribution in [-0.4, -0.2) is 23.1 Å². The number of unbranched alkanes of at least 4 members (excludes halogenated alkanes) is 1. The van der Waals surface area contributed by atoms with Gasteiger partial charge in [-0.3, -0.25) is 0 Å². The SMILES string of the molecule is CCCNc1nc(Nc2cccc(F)c2)ncc1C#CCCCN. The molecule has 0 radical (unpaired) electrons. The van der Waals surface area contributed by atoms with Gasteiger partial charge in [0.25, 0.3) is 0 Å². The first-order valence-corrected chi connectivity index (χ1v) is 8.05. The van der Waals surface area contributed by atoms with Gasteiger partial charge in [0.1, 0.15) is 11.6 Å². The molecular formula is C18H22FN5. The number of halogens is 1. The fourth-order valence-electron chi connectivity index (χ4n) is 1.96. The predicted octanol–water partition coefficient (Wildman–Crippen LogP) is 3.27. The highest BCUT2D eigenvalue weighted by atomic mass is 19.1. The summed E-state index contributed by atoms with van der Waals surface area (Å²) in [6.45, 7) is 3.49. The van der Waals surface area contributed by atoms with E-state index in [9.17, 15) is 4.39 Å². The molecule has 5 nitrogen and oxygen atoms in total. The van der Waals surface area contributed by atoms with Crippen LogP contribution >= 0.6 is 0 Å². The zero-order chi connectivity index (χ0) is 17.2. The van der Waals surface area contributed by atoms with Gasteiger partial charge in [0.15, 0.2) is 0 Å². The maximum atomic E-state index is 13.3. The quantitative estimate of drug-likeness (QED) is 0.537. The van der Waals surface area contributed by atoms with E-state index in [1.54, 1.807) is 18.3 Å². The highest BCUT2D eigenvalue weighted by Gasteiger charge is 2.06. The first-order chi connectivity index (χ1) is 11.7. The Hall–Kier alpha value is -2.65. The minimum Gasteiger partial charge on any atom is -0.369 e. The van der Waals surface area contributed by atoms with Crippen molar-refractivity contribution in [1.29, 1.82) is 0 Å². The van der Waals surface area contributed by atoms with E-state index in [2.05, 4.69) is 39.4 Å². The molecule has 0 atom stereocenters. The summed E-state index contributed by atoms with van der Waals surface area (Å²) in [5.74, 6) is 6.91. The van der Waals surface area contributed by atoms with E-state index in [0.717, 1.165) is 31.4 Å². The van der Waals surface area contributed by atoms with Gasteiger partial charge in [0, 0.05) is 18.7 Å². The zero-order valence-corrected chi connectivity index (χ0v) is 13.8. The first-order valence-electron chi connectivity index (χ1n) is 8.05. The number of hydrogen-bond donors (Lipinski definition) is 3. The lowest BCUT2D eigenvalue weighted by atomic mass is 10.2. The third-order valence-corrected chi connectivity index (χ3v) is 3.14. The Morgan fingerprint density at radius 1 is 1.33 bits per heavy atom. The van der Waals surface area contributed by atoms with Crippen LogP contribution in [0.2, 0.25) is 0 Å². The van der Waals surface area contributed by atoms with Crippen LogP contribution in [-0.2, 0) is 0 Å². The maximum Gasteiger partial charge on any atom is 0.229 e. The van der Waals surface area contributed by atoms with Crippen molar-refractivity contribution < 1.29 is 4.39 Å². The molecule has 2 aromatic rings. The standard InChI is InChI=1S/C18H22FN5/c1-2-11-21-17-14(7-4-3-5-10-20)13-22-18(24-17)23-16-9-6-8-15(19)12-16/h6,8-9,12-13H,2-3,5,10-11,20H2,1H3,(H2,21,22,23,24). The Kier molecular flexibility index (Phi) is 6.99. The molecule has 0 aliphatic heterocycles. The Bertz CT molecular complexity index is 721. The molecule has 4 N–H and O–H groups in total. The van der Waals surface area contributed by atoms with Gasteiger partial charge < -0.3 is 16.4 Å². The van der Waals surface area contributed by atoms with Crippen molar-refractivity contribution in [3.05, 3.63) is 41.8 Å². The van der Waals surface area contributed by atoms with Gasteiger partial charge in [-0.25, -0.2) is 9.37 Å². The van der Waals surface area contributed by atoms with Crippen LogP contribution in [0.25, 0.3) is 0 Å². The predicted molar refractivity (Wildman–Crippen MR) is 95.7 cm³/mol. The second kappa shape index (κ2) is 9.48. The number of benzene rings is 1. The highest BCUT2D eigenvalue weighted by Crippen LogP contribution is 2.18. The van der Waals surface area contributed by atoms with Crippen LogP contribution in [0.3, 0.4) is 0 Å². The summed E-state index contributed by atoms with van der Waals surface area (Å²) < 4.78 is 13.3. The van der Waals surface area contributed by atoms with Crippen LogP contribution in [0.1, 0.15) is 31.7 Å². The molecule has 0 bridgehead atoms. The van der Waals surface area contributed by atoms with Gasteiger partial charge in [-0.15, -0.1) is 0 Å². The lowest BCUT2D eigenvalue weighted by molar-refractivity contribution is 0.628. The van der Waals surface area contributed by atoms with Crippen LogP contribution in [0, 0.1) is 17.7 Å². The van der Waals surface area contributed by atoms with Gasteiger partial charge >= 0.3 is 0 Å². The number of hydrogen-bond acceptors (Lipinski definition) is 5. The summed E-state index contributed by atoms with van der Waals surface area (Å²) in [5.41, 5.74) is 6.80. The summed E-state index contributed by atoms with van der Waals surface area (Å²) in [7, 11) is 0. The molecule has 1 heterocycles. The molecule has 24 heavy (non-hydrogen) atoms. The van der Waals surface area contributed by atoms with E-state index in [0.29, 0.717) is 24.0 Å². The summed E-state index contributed by atoms with van der Waals surface area (Å²) in [5, 5.41) is 6.25. The average molecular weight is 327 g/mol. The largest absolute Gasteiger partial charge is 0.369 e. The summed E-state index contributed by atoms with van der Waals surface area (Å²) in [4.78, 5) is 8.71. The normalized spacial score (nSPS) is 9.96. The number of nitrogens with one attached hydrogen (secondary N) is 2. The van der Waals surface area contributed by atoms with Crippen LogP contribution in [0.15, 0.2) is 30.5 Å². The molecular weight excluding hydrogens is 305 g/mol. The smallest absolute Gasteiger partial charge is 0.229 e. The fraction of sp³-hybridized carbons (Fsp3) is 0.333. The summed E-state index contributed by atoms with van der Waals surface area (Å²) in [6.07, 6.45) is 4.25. The van der Waals surface area contributed by atoms with Gasteiger partial charge in [-0.2, -0.15) is 4.98 Å². The van der Waals surface area contributed by atoms with Crippen molar-refractivity contribution in [3.8, 4) is 11.8 Å². The monoisotopic (exact) mass is 327 g/mol. The topological polar surface area (TPSA) is 75.9 Å². The van der Waals surface area contributed by atoms with Crippen molar-refractivity contribution in [3.63, 3.8) is 0 Å².